The molecule has 2 amide bonds. The van der Waals surface area contributed by atoms with Crippen LogP contribution < -0.4 is 5.32 Å². The van der Waals surface area contributed by atoms with Crippen LogP contribution in [0.25, 0.3) is 0 Å². The van der Waals surface area contributed by atoms with Crippen LogP contribution in [-0.2, 0) is 14.3 Å². The van der Waals surface area contributed by atoms with Crippen LogP contribution in [0.15, 0.2) is 0 Å². The quantitative estimate of drug-likeness (QED) is 0.700. The molecule has 7 nitrogen and oxygen atoms in total. The van der Waals surface area contributed by atoms with Crippen molar-refractivity contribution in [2.24, 2.45) is 0 Å². The van der Waals surface area contributed by atoms with E-state index >= 15 is 0 Å². The van der Waals surface area contributed by atoms with E-state index in [0.717, 1.165) is 12.8 Å². The van der Waals surface area contributed by atoms with Crippen LogP contribution in [0.5, 0.6) is 0 Å². The van der Waals surface area contributed by atoms with E-state index in [0.29, 0.717) is 19.8 Å². The number of nitrogens with one attached hydrogen (secondary N) is 1. The second kappa shape index (κ2) is 8.19. The van der Waals surface area contributed by atoms with Crippen molar-refractivity contribution in [3.05, 3.63) is 0 Å². The van der Waals surface area contributed by atoms with Crippen molar-refractivity contribution in [3.8, 4) is 0 Å². The van der Waals surface area contributed by atoms with Crippen molar-refractivity contribution in [1.29, 1.82) is 0 Å². The molecule has 0 aliphatic carbocycles. The summed E-state index contributed by atoms with van der Waals surface area (Å²) in [7, 11) is 1.58. The first-order chi connectivity index (χ1) is 10.0. The van der Waals surface area contributed by atoms with Gasteiger partial charge in [0, 0.05) is 32.7 Å². The highest BCUT2D eigenvalue weighted by Gasteiger charge is 2.45. The largest absolute Gasteiger partial charge is 0.479 e. The highest BCUT2D eigenvalue weighted by molar-refractivity contribution is 5.86. The number of methoxy groups -OCH3 is 1. The summed E-state index contributed by atoms with van der Waals surface area (Å²) in [6, 6.07) is -0.304. The lowest BCUT2D eigenvalue weighted by molar-refractivity contribution is -0.144. The molecule has 0 spiro atoms. The number of hydrogen-bond donors (Lipinski definition) is 2. The molecule has 0 saturated carbocycles. The Morgan fingerprint density at radius 3 is 2.52 bits per heavy atom. The zero-order chi connectivity index (χ0) is 15.9. The van der Waals surface area contributed by atoms with Gasteiger partial charge in [-0.1, -0.05) is 13.8 Å². The lowest BCUT2D eigenvalue weighted by Crippen LogP contribution is -2.60. The molecule has 0 radical (unpaired) electrons. The van der Waals surface area contributed by atoms with E-state index in [-0.39, 0.29) is 25.1 Å². The molecule has 0 aromatic carbocycles. The third-order valence-corrected chi connectivity index (χ3v) is 3.96. The Morgan fingerprint density at radius 2 is 2.10 bits per heavy atom. The van der Waals surface area contributed by atoms with Crippen LogP contribution in [0.2, 0.25) is 0 Å². The van der Waals surface area contributed by atoms with Gasteiger partial charge in [0.25, 0.3) is 0 Å². The van der Waals surface area contributed by atoms with Gasteiger partial charge in [0.1, 0.15) is 0 Å². The second-order valence-electron chi connectivity index (χ2n) is 5.28. The van der Waals surface area contributed by atoms with E-state index in [1.807, 2.05) is 13.8 Å². The fraction of sp³-hybridized carbons (Fsp3) is 0.857. The molecule has 2 N–H and O–H groups in total. The fourth-order valence-corrected chi connectivity index (χ4v) is 2.53. The zero-order valence-electron chi connectivity index (χ0n) is 13.1. The molecule has 1 heterocycles. The van der Waals surface area contributed by atoms with Gasteiger partial charge in [-0.15, -0.1) is 0 Å². The standard InChI is InChI=1S/C14H26N2O5/c1-4-11(5-2)16(7-9-20-3)13(19)15-14(12(17)18)6-8-21-10-14/h11H,4-10H2,1-3H3,(H,15,19)(H,17,18). The van der Waals surface area contributed by atoms with Crippen molar-refractivity contribution >= 4 is 12.0 Å². The molecular formula is C14H26N2O5. The third kappa shape index (κ3) is 4.31. The van der Waals surface area contributed by atoms with Crippen LogP contribution in [0.3, 0.4) is 0 Å². The summed E-state index contributed by atoms with van der Waals surface area (Å²) in [5, 5.41) is 12.0. The summed E-state index contributed by atoms with van der Waals surface area (Å²) in [4.78, 5) is 25.6. The number of carboxylic acids is 1. The number of hydrogen-bond acceptors (Lipinski definition) is 4. The predicted octanol–water partition coefficient (Wildman–Crippen LogP) is 1.08. The number of urea groups is 1. The van der Waals surface area contributed by atoms with E-state index in [2.05, 4.69) is 5.32 Å². The molecule has 1 aliphatic heterocycles. The number of amides is 2. The summed E-state index contributed by atoms with van der Waals surface area (Å²) in [6.07, 6.45) is 1.91. The first kappa shape index (κ1) is 17.7. The molecule has 0 aromatic heterocycles. The van der Waals surface area contributed by atoms with Crippen LogP contribution in [-0.4, -0.2) is 67.1 Å². The number of carbonyl (C=O) groups excluding carboxylic acids is 1. The van der Waals surface area contributed by atoms with Crippen molar-refractivity contribution < 1.29 is 24.2 Å². The minimum absolute atomic E-state index is 0.00904. The highest BCUT2D eigenvalue weighted by atomic mass is 16.5. The minimum Gasteiger partial charge on any atom is -0.479 e. The Kier molecular flexibility index (Phi) is 6.91. The Labute approximate surface area is 125 Å². The zero-order valence-corrected chi connectivity index (χ0v) is 13.1. The predicted molar refractivity (Wildman–Crippen MR) is 77.3 cm³/mol. The molecule has 7 heteroatoms. The van der Waals surface area contributed by atoms with Crippen LogP contribution in [0.4, 0.5) is 4.79 Å². The number of carbonyl (C=O) groups is 2. The highest BCUT2D eigenvalue weighted by Crippen LogP contribution is 2.20. The average Bonchev–Trinajstić information content (AvgIpc) is 2.93. The summed E-state index contributed by atoms with van der Waals surface area (Å²) in [5.74, 6) is -1.05. The van der Waals surface area contributed by atoms with Crippen LogP contribution >= 0.6 is 0 Å². The van der Waals surface area contributed by atoms with E-state index in [1.165, 1.54) is 0 Å². The molecule has 0 bridgehead atoms. The second-order valence-corrected chi connectivity index (χ2v) is 5.28. The Bertz CT molecular complexity index is 351. The molecule has 0 aromatic rings. The number of carboxylic acid groups (broad SMARTS) is 1. The molecule has 1 fully saturated rings. The molecule has 122 valence electrons. The number of ether oxygens (including phenoxy) is 2. The van der Waals surface area contributed by atoms with Gasteiger partial charge in [-0.2, -0.15) is 0 Å². The summed E-state index contributed by atoms with van der Waals surface area (Å²) < 4.78 is 10.2. The van der Waals surface area contributed by atoms with E-state index in [4.69, 9.17) is 9.47 Å². The SMILES string of the molecule is CCC(CC)N(CCOC)C(=O)NC1(C(=O)O)CCOC1. The molecule has 21 heavy (non-hydrogen) atoms. The third-order valence-electron chi connectivity index (χ3n) is 3.96. The van der Waals surface area contributed by atoms with Gasteiger partial charge in [0.05, 0.1) is 13.2 Å². The maximum absolute atomic E-state index is 12.5. The molecule has 1 unspecified atom stereocenters. The van der Waals surface area contributed by atoms with Gasteiger partial charge in [0.15, 0.2) is 5.54 Å². The van der Waals surface area contributed by atoms with Crippen LogP contribution in [0.1, 0.15) is 33.1 Å². The molecular weight excluding hydrogens is 276 g/mol. The molecule has 1 rings (SSSR count). The van der Waals surface area contributed by atoms with Gasteiger partial charge in [-0.05, 0) is 12.8 Å². The number of aliphatic carboxylic acids is 1. The lowest BCUT2D eigenvalue weighted by atomic mass is 9.99. The summed E-state index contributed by atoms with van der Waals surface area (Å²) in [6.45, 7) is 5.22. The Balaban J connectivity index is 2.81. The molecule has 1 saturated heterocycles. The van der Waals surface area contributed by atoms with Gasteiger partial charge in [-0.3, -0.25) is 0 Å². The summed E-state index contributed by atoms with van der Waals surface area (Å²) in [5.41, 5.74) is -1.31. The maximum atomic E-state index is 12.5. The number of rotatable bonds is 8. The van der Waals surface area contributed by atoms with Crippen molar-refractivity contribution in [2.45, 2.75) is 44.7 Å². The van der Waals surface area contributed by atoms with Gasteiger partial charge < -0.3 is 24.8 Å². The first-order valence-corrected chi connectivity index (χ1v) is 7.39. The van der Waals surface area contributed by atoms with Crippen molar-refractivity contribution in [1.82, 2.24) is 10.2 Å². The average molecular weight is 302 g/mol. The fourth-order valence-electron chi connectivity index (χ4n) is 2.53. The van der Waals surface area contributed by atoms with Crippen LogP contribution in [0, 0.1) is 0 Å². The van der Waals surface area contributed by atoms with Gasteiger partial charge in [0.2, 0.25) is 0 Å². The van der Waals surface area contributed by atoms with E-state index in [1.54, 1.807) is 12.0 Å². The maximum Gasteiger partial charge on any atom is 0.332 e. The smallest absolute Gasteiger partial charge is 0.332 e. The minimum atomic E-state index is -1.31. The first-order valence-electron chi connectivity index (χ1n) is 7.39. The normalized spacial score (nSPS) is 21.5. The van der Waals surface area contributed by atoms with E-state index < -0.39 is 11.5 Å². The Morgan fingerprint density at radius 1 is 1.43 bits per heavy atom. The van der Waals surface area contributed by atoms with Gasteiger partial charge >= 0.3 is 12.0 Å². The van der Waals surface area contributed by atoms with E-state index in [9.17, 15) is 14.7 Å². The topological polar surface area (TPSA) is 88.1 Å². The number of nitrogens with zero attached hydrogens (tertiary/aromatic N) is 1. The molecule has 1 atom stereocenters. The van der Waals surface area contributed by atoms with Crippen molar-refractivity contribution in [3.63, 3.8) is 0 Å². The Hall–Kier alpha value is -1.34. The monoisotopic (exact) mass is 302 g/mol. The van der Waals surface area contributed by atoms with Gasteiger partial charge in [-0.25, -0.2) is 9.59 Å². The summed E-state index contributed by atoms with van der Waals surface area (Å²) >= 11 is 0. The lowest BCUT2D eigenvalue weighted by Gasteiger charge is -2.34. The van der Waals surface area contributed by atoms with Crippen molar-refractivity contribution in [2.75, 3.05) is 33.5 Å². The molecule has 1 aliphatic rings.